The van der Waals surface area contributed by atoms with E-state index < -0.39 is 17.8 Å². The molecule has 9 heteroatoms. The van der Waals surface area contributed by atoms with Gasteiger partial charge in [-0.3, -0.25) is 9.48 Å². The summed E-state index contributed by atoms with van der Waals surface area (Å²) in [4.78, 5) is 12.2. The molecule has 118 valence electrons. The van der Waals surface area contributed by atoms with E-state index in [0.29, 0.717) is 6.61 Å². The van der Waals surface area contributed by atoms with Gasteiger partial charge in [-0.15, -0.1) is 0 Å². The fraction of sp³-hybridized carbons (Fsp3) is 0.667. The van der Waals surface area contributed by atoms with Crippen molar-refractivity contribution in [3.8, 4) is 0 Å². The van der Waals surface area contributed by atoms with Gasteiger partial charge in [0, 0.05) is 13.7 Å². The number of hydrogen-bond donors (Lipinski definition) is 1. The topological polar surface area (TPSA) is 56.2 Å². The van der Waals surface area contributed by atoms with Gasteiger partial charge in [0.1, 0.15) is 5.69 Å². The van der Waals surface area contributed by atoms with Crippen LogP contribution in [0.15, 0.2) is 4.47 Å². The van der Waals surface area contributed by atoms with E-state index in [-0.39, 0.29) is 22.3 Å². The Hall–Kier alpha value is -1.09. The van der Waals surface area contributed by atoms with Crippen LogP contribution in [0.5, 0.6) is 0 Å². The Morgan fingerprint density at radius 1 is 1.57 bits per heavy atom. The molecule has 0 saturated carbocycles. The lowest BCUT2D eigenvalue weighted by atomic mass is 10.1. The van der Waals surface area contributed by atoms with Gasteiger partial charge in [0.2, 0.25) is 0 Å². The number of nitrogens with zero attached hydrogens (tertiary/aromatic N) is 2. The van der Waals surface area contributed by atoms with Crippen LogP contribution in [-0.4, -0.2) is 34.4 Å². The maximum atomic E-state index is 12.8. The molecule has 0 bridgehead atoms. The van der Waals surface area contributed by atoms with E-state index in [4.69, 9.17) is 4.74 Å². The molecular weight excluding hydrogens is 355 g/mol. The monoisotopic (exact) mass is 369 g/mol. The second-order valence-electron chi connectivity index (χ2n) is 4.95. The Balaban J connectivity index is 2.17. The number of nitrogens with one attached hydrogen (secondary N) is 1. The fourth-order valence-corrected chi connectivity index (χ4v) is 3.03. The van der Waals surface area contributed by atoms with Crippen LogP contribution in [-0.2, 0) is 18.0 Å². The van der Waals surface area contributed by atoms with E-state index in [1.165, 1.54) is 7.05 Å². The molecule has 21 heavy (non-hydrogen) atoms. The van der Waals surface area contributed by atoms with Gasteiger partial charge in [-0.25, -0.2) is 0 Å². The molecule has 0 spiro atoms. The molecule has 1 N–H and O–H groups in total. The minimum Gasteiger partial charge on any atom is -0.376 e. The van der Waals surface area contributed by atoms with E-state index in [9.17, 15) is 18.0 Å². The van der Waals surface area contributed by atoms with Crippen LogP contribution in [0.3, 0.4) is 0 Å². The van der Waals surface area contributed by atoms with E-state index in [0.717, 1.165) is 17.5 Å². The van der Waals surface area contributed by atoms with Gasteiger partial charge in [-0.1, -0.05) is 0 Å². The van der Waals surface area contributed by atoms with Gasteiger partial charge >= 0.3 is 6.18 Å². The lowest BCUT2D eigenvalue weighted by molar-refractivity contribution is -0.142. The van der Waals surface area contributed by atoms with E-state index in [1.54, 1.807) is 6.92 Å². The quantitative estimate of drug-likeness (QED) is 0.890. The highest BCUT2D eigenvalue weighted by Gasteiger charge is 2.39. The number of alkyl halides is 3. The first-order chi connectivity index (χ1) is 9.71. The number of hydrogen-bond acceptors (Lipinski definition) is 3. The molecule has 0 aliphatic carbocycles. The standard InChI is InChI=1S/C12H15BrF3N3O2/c1-6(7-4-3-5-21-7)17-11(20)9-8(13)10(12(14,15)16)18-19(9)2/h6-7H,3-5H2,1-2H3,(H,17,20)/t6-,7+/m0/s1. The third-order valence-corrected chi connectivity index (χ3v) is 4.11. The number of amides is 1. The summed E-state index contributed by atoms with van der Waals surface area (Å²) in [6.07, 6.45) is -2.99. The summed E-state index contributed by atoms with van der Waals surface area (Å²) < 4.78 is 44.3. The maximum Gasteiger partial charge on any atom is 0.436 e. The van der Waals surface area contributed by atoms with Crippen LogP contribution in [0.1, 0.15) is 35.9 Å². The summed E-state index contributed by atoms with van der Waals surface area (Å²) in [6, 6.07) is -0.281. The Kier molecular flexibility index (Phi) is 4.62. The van der Waals surface area contributed by atoms with E-state index in [1.807, 2.05) is 0 Å². The minimum atomic E-state index is -4.62. The Bertz CT molecular complexity index is 539. The third kappa shape index (κ3) is 3.39. The highest BCUT2D eigenvalue weighted by Crippen LogP contribution is 2.35. The van der Waals surface area contributed by atoms with Crippen molar-refractivity contribution >= 4 is 21.8 Å². The summed E-state index contributed by atoms with van der Waals surface area (Å²) >= 11 is 2.82. The van der Waals surface area contributed by atoms with Crippen molar-refractivity contribution in [1.82, 2.24) is 15.1 Å². The molecule has 1 aromatic rings. The van der Waals surface area contributed by atoms with Crippen molar-refractivity contribution in [3.05, 3.63) is 15.9 Å². The minimum absolute atomic E-state index is 0.108. The average molecular weight is 370 g/mol. The molecule has 5 nitrogen and oxygen atoms in total. The van der Waals surface area contributed by atoms with Gasteiger partial charge in [0.15, 0.2) is 5.69 Å². The number of carbonyl (C=O) groups excluding carboxylic acids is 1. The first kappa shape index (κ1) is 16.3. The zero-order valence-corrected chi connectivity index (χ0v) is 13.1. The third-order valence-electron chi connectivity index (χ3n) is 3.35. The summed E-state index contributed by atoms with van der Waals surface area (Å²) in [5, 5.41) is 6.02. The first-order valence-corrected chi connectivity index (χ1v) is 7.23. The molecule has 0 unspecified atom stereocenters. The molecular formula is C12H15BrF3N3O2. The summed E-state index contributed by atoms with van der Waals surface area (Å²) in [6.45, 7) is 2.40. The number of halogens is 4. The Morgan fingerprint density at radius 2 is 2.24 bits per heavy atom. The van der Waals surface area contributed by atoms with Crippen molar-refractivity contribution < 1.29 is 22.7 Å². The van der Waals surface area contributed by atoms with Gasteiger partial charge in [-0.2, -0.15) is 18.3 Å². The molecule has 1 aliphatic rings. The van der Waals surface area contributed by atoms with Crippen molar-refractivity contribution in [3.63, 3.8) is 0 Å². The molecule has 1 aromatic heterocycles. The summed E-state index contributed by atoms with van der Waals surface area (Å²) in [5.41, 5.74) is -1.27. The van der Waals surface area contributed by atoms with Crippen molar-refractivity contribution in [2.75, 3.05) is 6.61 Å². The lowest BCUT2D eigenvalue weighted by Crippen LogP contribution is -2.41. The number of aromatic nitrogens is 2. The number of carbonyl (C=O) groups is 1. The molecule has 1 aliphatic heterocycles. The van der Waals surface area contributed by atoms with Crippen LogP contribution in [0.25, 0.3) is 0 Å². The zero-order valence-electron chi connectivity index (χ0n) is 11.5. The van der Waals surface area contributed by atoms with Crippen LogP contribution in [0, 0.1) is 0 Å². The average Bonchev–Trinajstić information content (AvgIpc) is 2.96. The van der Waals surface area contributed by atoms with E-state index >= 15 is 0 Å². The molecule has 1 saturated heterocycles. The number of ether oxygens (including phenoxy) is 1. The number of rotatable bonds is 3. The van der Waals surface area contributed by atoms with Gasteiger partial charge in [-0.05, 0) is 35.7 Å². The molecule has 2 heterocycles. The first-order valence-electron chi connectivity index (χ1n) is 6.44. The molecule has 2 rings (SSSR count). The molecule has 1 amide bonds. The van der Waals surface area contributed by atoms with Crippen molar-refractivity contribution in [2.45, 2.75) is 38.1 Å². The normalized spacial score (nSPS) is 20.6. The van der Waals surface area contributed by atoms with Gasteiger partial charge in [0.05, 0.1) is 16.6 Å². The Labute approximate surface area is 128 Å². The van der Waals surface area contributed by atoms with Gasteiger partial charge in [0.25, 0.3) is 5.91 Å². The van der Waals surface area contributed by atoms with Crippen LogP contribution >= 0.6 is 15.9 Å². The smallest absolute Gasteiger partial charge is 0.376 e. The summed E-state index contributed by atoms with van der Waals surface area (Å²) in [7, 11) is 1.30. The molecule has 2 atom stereocenters. The van der Waals surface area contributed by atoms with Gasteiger partial charge < -0.3 is 10.1 Å². The lowest BCUT2D eigenvalue weighted by Gasteiger charge is -2.20. The fourth-order valence-electron chi connectivity index (χ4n) is 2.29. The van der Waals surface area contributed by atoms with Crippen LogP contribution in [0.2, 0.25) is 0 Å². The second kappa shape index (κ2) is 5.96. The molecule has 1 fully saturated rings. The van der Waals surface area contributed by atoms with E-state index in [2.05, 4.69) is 26.3 Å². The number of aryl methyl sites for hydroxylation is 1. The predicted octanol–water partition coefficient (Wildman–Crippen LogP) is 2.50. The molecule has 0 radical (unpaired) electrons. The van der Waals surface area contributed by atoms with Crippen molar-refractivity contribution in [1.29, 1.82) is 0 Å². The van der Waals surface area contributed by atoms with Crippen LogP contribution in [0.4, 0.5) is 13.2 Å². The predicted molar refractivity (Wildman–Crippen MR) is 71.8 cm³/mol. The highest BCUT2D eigenvalue weighted by atomic mass is 79.9. The largest absolute Gasteiger partial charge is 0.436 e. The Morgan fingerprint density at radius 3 is 2.71 bits per heavy atom. The molecule has 0 aromatic carbocycles. The summed E-state index contributed by atoms with van der Waals surface area (Å²) in [5.74, 6) is -0.615. The van der Waals surface area contributed by atoms with Crippen molar-refractivity contribution in [2.24, 2.45) is 7.05 Å². The maximum absolute atomic E-state index is 12.8. The zero-order chi connectivity index (χ0) is 15.8. The SMILES string of the molecule is C[C@H](NC(=O)c1c(Br)c(C(F)(F)F)nn1C)[C@H]1CCCO1. The second-order valence-corrected chi connectivity index (χ2v) is 5.74. The van der Waals surface area contributed by atoms with Crippen LogP contribution < -0.4 is 5.32 Å². The highest BCUT2D eigenvalue weighted by molar-refractivity contribution is 9.10.